The summed E-state index contributed by atoms with van der Waals surface area (Å²) >= 11 is 5.58. The van der Waals surface area contributed by atoms with E-state index in [0.717, 1.165) is 30.3 Å². The molecule has 1 saturated carbocycles. The van der Waals surface area contributed by atoms with Crippen molar-refractivity contribution in [3.8, 4) is 17.6 Å². The van der Waals surface area contributed by atoms with E-state index in [0.29, 0.717) is 5.88 Å². The van der Waals surface area contributed by atoms with Crippen LogP contribution < -0.4 is 4.74 Å². The summed E-state index contributed by atoms with van der Waals surface area (Å²) in [6, 6.07) is 7.98. The summed E-state index contributed by atoms with van der Waals surface area (Å²) in [4.78, 5) is 0. The van der Waals surface area contributed by atoms with Crippen LogP contribution in [0.3, 0.4) is 0 Å². The van der Waals surface area contributed by atoms with Gasteiger partial charge in [0.25, 0.3) is 0 Å². The highest BCUT2D eigenvalue weighted by molar-refractivity contribution is 6.18. The minimum Gasteiger partial charge on any atom is -0.493 e. The Labute approximate surface area is 108 Å². The number of hydrogen-bond donors (Lipinski definition) is 0. The molecule has 0 aromatic heterocycles. The minimum atomic E-state index is 0.588. The van der Waals surface area contributed by atoms with Crippen LogP contribution in [0.1, 0.15) is 31.2 Å². The van der Waals surface area contributed by atoms with E-state index in [4.69, 9.17) is 16.3 Å². The number of ether oxygens (including phenoxy) is 1. The average Bonchev–Trinajstić information content (AvgIpc) is 2.28. The van der Waals surface area contributed by atoms with Crippen LogP contribution in [0, 0.1) is 17.8 Å². The standard InChI is InChI=1S/C15H17ClO/c16-10-2-1-5-13-6-4-9-15(11-13)17-12-14-7-3-8-14/h4,6,9,11,14H,2-3,7-8,10,12H2. The lowest BCUT2D eigenvalue weighted by molar-refractivity contribution is 0.180. The van der Waals surface area contributed by atoms with Crippen molar-refractivity contribution in [2.75, 3.05) is 12.5 Å². The van der Waals surface area contributed by atoms with Crippen LogP contribution in [0.25, 0.3) is 0 Å². The van der Waals surface area contributed by atoms with Crippen LogP contribution >= 0.6 is 11.6 Å². The van der Waals surface area contributed by atoms with E-state index in [-0.39, 0.29) is 0 Å². The smallest absolute Gasteiger partial charge is 0.120 e. The number of benzene rings is 1. The molecule has 2 rings (SSSR count). The normalized spacial score (nSPS) is 14.6. The number of rotatable bonds is 4. The molecule has 1 nitrogen and oxygen atoms in total. The molecule has 0 unspecified atom stereocenters. The van der Waals surface area contributed by atoms with Gasteiger partial charge in [-0.05, 0) is 37.0 Å². The summed E-state index contributed by atoms with van der Waals surface area (Å²) in [7, 11) is 0. The zero-order chi connectivity index (χ0) is 11.9. The third-order valence-electron chi connectivity index (χ3n) is 3.00. The molecule has 0 atom stereocenters. The van der Waals surface area contributed by atoms with Gasteiger partial charge in [-0.1, -0.05) is 24.3 Å². The highest BCUT2D eigenvalue weighted by Gasteiger charge is 2.17. The molecule has 0 N–H and O–H groups in total. The summed E-state index contributed by atoms with van der Waals surface area (Å²) in [5.74, 6) is 8.39. The van der Waals surface area contributed by atoms with Crippen molar-refractivity contribution >= 4 is 11.6 Å². The van der Waals surface area contributed by atoms with Crippen molar-refractivity contribution in [2.45, 2.75) is 25.7 Å². The molecule has 0 radical (unpaired) electrons. The highest BCUT2D eigenvalue weighted by Crippen LogP contribution is 2.27. The largest absolute Gasteiger partial charge is 0.493 e. The first-order chi connectivity index (χ1) is 8.38. The van der Waals surface area contributed by atoms with Gasteiger partial charge in [0.15, 0.2) is 0 Å². The Morgan fingerprint density at radius 1 is 1.35 bits per heavy atom. The molecule has 1 aromatic rings. The molecule has 0 amide bonds. The molecule has 17 heavy (non-hydrogen) atoms. The van der Waals surface area contributed by atoms with Crippen LogP contribution in [0.15, 0.2) is 24.3 Å². The number of alkyl halides is 1. The van der Waals surface area contributed by atoms with Gasteiger partial charge in [-0.25, -0.2) is 0 Å². The van der Waals surface area contributed by atoms with Gasteiger partial charge >= 0.3 is 0 Å². The lowest BCUT2D eigenvalue weighted by Gasteiger charge is -2.25. The van der Waals surface area contributed by atoms with Crippen LogP contribution in [0.4, 0.5) is 0 Å². The second-order valence-corrected chi connectivity index (χ2v) is 4.75. The predicted molar refractivity (Wildman–Crippen MR) is 71.5 cm³/mol. The Bertz CT molecular complexity index is 412. The van der Waals surface area contributed by atoms with Gasteiger partial charge < -0.3 is 4.74 Å². The van der Waals surface area contributed by atoms with Crippen molar-refractivity contribution in [1.29, 1.82) is 0 Å². The van der Waals surface area contributed by atoms with Crippen molar-refractivity contribution in [2.24, 2.45) is 5.92 Å². The summed E-state index contributed by atoms with van der Waals surface area (Å²) in [6.45, 7) is 0.846. The van der Waals surface area contributed by atoms with Gasteiger partial charge in [-0.2, -0.15) is 0 Å². The zero-order valence-corrected chi connectivity index (χ0v) is 10.7. The summed E-state index contributed by atoms with van der Waals surface area (Å²) < 4.78 is 5.76. The van der Waals surface area contributed by atoms with Gasteiger partial charge in [0.2, 0.25) is 0 Å². The molecule has 0 heterocycles. The summed E-state index contributed by atoms with van der Waals surface area (Å²) in [5, 5.41) is 0. The maximum Gasteiger partial charge on any atom is 0.120 e. The van der Waals surface area contributed by atoms with Crippen LogP contribution in [0.2, 0.25) is 0 Å². The summed E-state index contributed by atoms with van der Waals surface area (Å²) in [6.07, 6.45) is 4.72. The van der Waals surface area contributed by atoms with E-state index < -0.39 is 0 Å². The molecule has 2 heteroatoms. The molecule has 0 bridgehead atoms. The quantitative estimate of drug-likeness (QED) is 0.581. The Hall–Kier alpha value is -1.13. The third-order valence-corrected chi connectivity index (χ3v) is 3.19. The van der Waals surface area contributed by atoms with Crippen LogP contribution in [-0.4, -0.2) is 12.5 Å². The Balaban J connectivity index is 1.89. The van der Waals surface area contributed by atoms with E-state index in [9.17, 15) is 0 Å². The van der Waals surface area contributed by atoms with Crippen molar-refractivity contribution in [1.82, 2.24) is 0 Å². The van der Waals surface area contributed by atoms with E-state index in [1.54, 1.807) is 0 Å². The van der Waals surface area contributed by atoms with E-state index >= 15 is 0 Å². The first-order valence-corrected chi connectivity index (χ1v) is 6.69. The minimum absolute atomic E-state index is 0.588. The van der Waals surface area contributed by atoms with Crippen molar-refractivity contribution < 1.29 is 4.74 Å². The molecular formula is C15H17ClO. The molecule has 0 spiro atoms. The highest BCUT2D eigenvalue weighted by atomic mass is 35.5. The van der Waals surface area contributed by atoms with Gasteiger partial charge in [0.1, 0.15) is 5.75 Å². The van der Waals surface area contributed by atoms with Gasteiger partial charge in [0, 0.05) is 17.9 Å². The first-order valence-electron chi connectivity index (χ1n) is 6.16. The van der Waals surface area contributed by atoms with E-state index in [1.807, 2.05) is 24.3 Å². The third kappa shape index (κ3) is 3.98. The zero-order valence-electron chi connectivity index (χ0n) is 9.92. The second kappa shape index (κ2) is 6.57. The number of halogens is 1. The Morgan fingerprint density at radius 2 is 2.24 bits per heavy atom. The molecule has 1 fully saturated rings. The first kappa shape index (κ1) is 12.3. The monoisotopic (exact) mass is 248 g/mol. The fraction of sp³-hybridized carbons (Fsp3) is 0.467. The molecule has 0 aliphatic heterocycles. The average molecular weight is 249 g/mol. The van der Waals surface area contributed by atoms with Gasteiger partial charge in [-0.15, -0.1) is 11.6 Å². The fourth-order valence-corrected chi connectivity index (χ4v) is 1.84. The molecular weight excluding hydrogens is 232 g/mol. The van der Waals surface area contributed by atoms with Crippen LogP contribution in [-0.2, 0) is 0 Å². The van der Waals surface area contributed by atoms with Crippen molar-refractivity contribution in [3.63, 3.8) is 0 Å². The van der Waals surface area contributed by atoms with Crippen LogP contribution in [0.5, 0.6) is 5.75 Å². The molecule has 1 aliphatic carbocycles. The SMILES string of the molecule is ClCCC#Cc1cccc(OCC2CCC2)c1. The number of hydrogen-bond acceptors (Lipinski definition) is 1. The predicted octanol–water partition coefficient (Wildman–Crippen LogP) is 3.85. The molecule has 1 aromatic carbocycles. The van der Waals surface area contributed by atoms with E-state index in [1.165, 1.54) is 19.3 Å². The van der Waals surface area contributed by atoms with Gasteiger partial charge in [-0.3, -0.25) is 0 Å². The van der Waals surface area contributed by atoms with Gasteiger partial charge in [0.05, 0.1) is 6.61 Å². The topological polar surface area (TPSA) is 9.23 Å². The van der Waals surface area contributed by atoms with Crippen molar-refractivity contribution in [3.05, 3.63) is 29.8 Å². The fourth-order valence-electron chi connectivity index (χ4n) is 1.75. The Morgan fingerprint density at radius 3 is 2.94 bits per heavy atom. The molecule has 1 aliphatic rings. The Kier molecular flexibility index (Phi) is 4.76. The molecule has 90 valence electrons. The lowest BCUT2D eigenvalue weighted by Crippen LogP contribution is -2.19. The van der Waals surface area contributed by atoms with E-state index in [2.05, 4.69) is 11.8 Å². The maximum atomic E-state index is 5.76. The lowest BCUT2D eigenvalue weighted by atomic mass is 9.86. The second-order valence-electron chi connectivity index (χ2n) is 4.38. The summed E-state index contributed by atoms with van der Waals surface area (Å²) in [5.41, 5.74) is 1.00. The maximum absolute atomic E-state index is 5.76. The molecule has 0 saturated heterocycles.